The molecule has 112 valence electrons. The highest BCUT2D eigenvalue weighted by Gasteiger charge is 2.43. The first kappa shape index (κ1) is 16.3. The summed E-state index contributed by atoms with van der Waals surface area (Å²) in [4.78, 5) is 16.3. The Bertz CT molecular complexity index is 341. The number of amides is 1. The molecule has 1 unspecified atom stereocenters. The van der Waals surface area contributed by atoms with Gasteiger partial charge in [0.25, 0.3) is 0 Å². The van der Waals surface area contributed by atoms with Crippen molar-refractivity contribution < 1.29 is 9.53 Å². The first-order valence-electron chi connectivity index (χ1n) is 7.07. The van der Waals surface area contributed by atoms with E-state index in [1.54, 1.807) is 0 Å². The lowest BCUT2D eigenvalue weighted by Gasteiger charge is -2.44. The summed E-state index contributed by atoms with van der Waals surface area (Å²) < 4.78 is 5.45. The summed E-state index contributed by atoms with van der Waals surface area (Å²) >= 11 is 0. The molecule has 0 N–H and O–H groups in total. The summed E-state index contributed by atoms with van der Waals surface area (Å²) in [5.41, 5.74) is -0.306. The molecule has 0 aromatic carbocycles. The number of likely N-dealkylation sites (tertiary alicyclic amines) is 1. The van der Waals surface area contributed by atoms with E-state index >= 15 is 0 Å². The first-order valence-corrected chi connectivity index (χ1v) is 7.07. The van der Waals surface area contributed by atoms with E-state index in [4.69, 9.17) is 4.74 Å². The van der Waals surface area contributed by atoms with Crippen LogP contribution >= 0.6 is 0 Å². The number of likely N-dealkylation sites (N-methyl/N-ethyl adjacent to an activating group) is 1. The summed E-state index contributed by atoms with van der Waals surface area (Å²) in [5.74, 6) is 0. The minimum Gasteiger partial charge on any atom is -0.444 e. The Morgan fingerprint density at radius 2 is 1.74 bits per heavy atom. The largest absolute Gasteiger partial charge is 0.444 e. The fourth-order valence-electron chi connectivity index (χ4n) is 2.51. The van der Waals surface area contributed by atoms with E-state index in [9.17, 15) is 4.79 Å². The zero-order chi connectivity index (χ0) is 15.1. The average Bonchev–Trinajstić information content (AvgIpc) is 2.57. The molecule has 1 amide bonds. The molecule has 1 fully saturated rings. The van der Waals surface area contributed by atoms with E-state index in [0.29, 0.717) is 0 Å². The predicted molar refractivity (Wildman–Crippen MR) is 78.3 cm³/mol. The van der Waals surface area contributed by atoms with Crippen LogP contribution in [-0.2, 0) is 4.74 Å². The van der Waals surface area contributed by atoms with Crippen molar-refractivity contribution in [2.24, 2.45) is 0 Å². The smallest absolute Gasteiger partial charge is 0.410 e. The fraction of sp³-hybridized carbons (Fsp3) is 0.933. The second-order valence-corrected chi connectivity index (χ2v) is 7.88. The highest BCUT2D eigenvalue weighted by atomic mass is 16.6. The molecule has 4 heteroatoms. The van der Waals surface area contributed by atoms with Gasteiger partial charge in [0.15, 0.2) is 0 Å². The summed E-state index contributed by atoms with van der Waals surface area (Å²) in [7, 11) is 2.14. The molecule has 0 spiro atoms. The summed E-state index contributed by atoms with van der Waals surface area (Å²) in [6.45, 7) is 16.0. The zero-order valence-electron chi connectivity index (χ0n) is 13.8. The van der Waals surface area contributed by atoms with Crippen LogP contribution in [0.5, 0.6) is 0 Å². The molecule has 1 saturated heterocycles. The highest BCUT2D eigenvalue weighted by molar-refractivity contribution is 5.68. The van der Waals surface area contributed by atoms with Gasteiger partial charge in [0.1, 0.15) is 5.60 Å². The second-order valence-electron chi connectivity index (χ2n) is 7.88. The van der Waals surface area contributed by atoms with Crippen molar-refractivity contribution in [3.8, 4) is 0 Å². The third-order valence-electron chi connectivity index (χ3n) is 3.92. The van der Waals surface area contributed by atoms with Gasteiger partial charge in [-0.1, -0.05) is 0 Å². The molecule has 19 heavy (non-hydrogen) atoms. The molecule has 1 rings (SSSR count). The van der Waals surface area contributed by atoms with Gasteiger partial charge in [-0.3, -0.25) is 4.90 Å². The lowest BCUT2D eigenvalue weighted by molar-refractivity contribution is 0.0184. The number of ether oxygens (including phenoxy) is 1. The standard InChI is InChI=1S/C15H30N2O2/c1-13(2,3)16(8)15(7)9-10-17(11-15)12(18)19-14(4,5)6/h9-11H2,1-8H3. The molecule has 0 aromatic rings. The Balaban J connectivity index is 2.70. The van der Waals surface area contributed by atoms with Crippen LogP contribution in [0.25, 0.3) is 0 Å². The van der Waals surface area contributed by atoms with Crippen LogP contribution in [0.4, 0.5) is 4.79 Å². The molecule has 1 atom stereocenters. The van der Waals surface area contributed by atoms with Gasteiger partial charge in [-0.2, -0.15) is 0 Å². The van der Waals surface area contributed by atoms with Gasteiger partial charge in [0.2, 0.25) is 0 Å². The van der Waals surface area contributed by atoms with Crippen molar-refractivity contribution in [3.63, 3.8) is 0 Å². The molecule has 0 saturated carbocycles. The third kappa shape index (κ3) is 4.10. The second kappa shape index (κ2) is 4.97. The van der Waals surface area contributed by atoms with E-state index in [0.717, 1.165) is 19.5 Å². The molecule has 0 bridgehead atoms. The molecule has 0 aromatic heterocycles. The van der Waals surface area contributed by atoms with E-state index in [2.05, 4.69) is 39.6 Å². The molecule has 0 aliphatic carbocycles. The van der Waals surface area contributed by atoms with Crippen LogP contribution in [-0.4, -0.2) is 52.7 Å². The Hall–Kier alpha value is -0.770. The third-order valence-corrected chi connectivity index (χ3v) is 3.92. The van der Waals surface area contributed by atoms with Crippen molar-refractivity contribution in [1.82, 2.24) is 9.80 Å². The van der Waals surface area contributed by atoms with E-state index < -0.39 is 5.60 Å². The number of nitrogens with zero attached hydrogens (tertiary/aromatic N) is 2. The van der Waals surface area contributed by atoms with E-state index in [1.165, 1.54) is 0 Å². The molecule has 1 heterocycles. The van der Waals surface area contributed by atoms with Crippen molar-refractivity contribution in [2.75, 3.05) is 20.1 Å². The molecule has 1 aliphatic heterocycles. The summed E-state index contributed by atoms with van der Waals surface area (Å²) in [6.07, 6.45) is 0.790. The molecular formula is C15H30N2O2. The molecule has 0 radical (unpaired) electrons. The van der Waals surface area contributed by atoms with Crippen LogP contribution in [0.15, 0.2) is 0 Å². The maximum Gasteiger partial charge on any atom is 0.410 e. The molecular weight excluding hydrogens is 240 g/mol. The molecule has 4 nitrogen and oxygen atoms in total. The normalized spacial score (nSPS) is 25.0. The van der Waals surface area contributed by atoms with Crippen LogP contribution in [0.1, 0.15) is 54.9 Å². The summed E-state index contributed by atoms with van der Waals surface area (Å²) in [5, 5.41) is 0. The van der Waals surface area contributed by atoms with Gasteiger partial charge in [0, 0.05) is 24.2 Å². The van der Waals surface area contributed by atoms with Crippen LogP contribution in [0.2, 0.25) is 0 Å². The van der Waals surface area contributed by atoms with Crippen LogP contribution in [0.3, 0.4) is 0 Å². The molecule has 1 aliphatic rings. The lowest BCUT2D eigenvalue weighted by Crippen LogP contribution is -2.55. The Morgan fingerprint density at radius 1 is 1.21 bits per heavy atom. The van der Waals surface area contributed by atoms with Crippen LogP contribution in [0, 0.1) is 0 Å². The monoisotopic (exact) mass is 270 g/mol. The number of rotatable bonds is 1. The Labute approximate surface area is 118 Å². The van der Waals surface area contributed by atoms with Crippen molar-refractivity contribution in [3.05, 3.63) is 0 Å². The predicted octanol–water partition coefficient (Wildman–Crippen LogP) is 3.12. The SMILES string of the molecule is CN(C(C)(C)C)C1(C)CCN(C(=O)OC(C)(C)C)C1. The van der Waals surface area contributed by atoms with Crippen molar-refractivity contribution >= 4 is 6.09 Å². The maximum atomic E-state index is 12.1. The number of hydrogen-bond donors (Lipinski definition) is 0. The number of carbonyl (C=O) groups is 1. The van der Waals surface area contributed by atoms with Gasteiger partial charge in [-0.05, 0) is 61.9 Å². The average molecular weight is 270 g/mol. The number of hydrogen-bond acceptors (Lipinski definition) is 3. The lowest BCUT2D eigenvalue weighted by atomic mass is 9.93. The van der Waals surface area contributed by atoms with Gasteiger partial charge in [-0.15, -0.1) is 0 Å². The minimum absolute atomic E-state index is 0.0230. The van der Waals surface area contributed by atoms with Crippen molar-refractivity contribution in [2.45, 2.75) is 71.6 Å². The van der Waals surface area contributed by atoms with E-state index in [-0.39, 0.29) is 17.2 Å². The Kier molecular flexibility index (Phi) is 4.26. The maximum absolute atomic E-state index is 12.1. The summed E-state index contributed by atoms with van der Waals surface area (Å²) in [6, 6.07) is 0. The minimum atomic E-state index is -0.425. The van der Waals surface area contributed by atoms with E-state index in [1.807, 2.05) is 25.7 Å². The Morgan fingerprint density at radius 3 is 2.16 bits per heavy atom. The van der Waals surface area contributed by atoms with Gasteiger partial charge < -0.3 is 9.64 Å². The quantitative estimate of drug-likeness (QED) is 0.734. The number of carbonyl (C=O) groups excluding carboxylic acids is 1. The van der Waals surface area contributed by atoms with Crippen LogP contribution < -0.4 is 0 Å². The first-order chi connectivity index (χ1) is 8.35. The fourth-order valence-corrected chi connectivity index (χ4v) is 2.51. The van der Waals surface area contributed by atoms with Gasteiger partial charge >= 0.3 is 6.09 Å². The topological polar surface area (TPSA) is 32.8 Å². The highest BCUT2D eigenvalue weighted by Crippen LogP contribution is 2.32. The zero-order valence-corrected chi connectivity index (χ0v) is 13.8. The van der Waals surface area contributed by atoms with Gasteiger partial charge in [0.05, 0.1) is 0 Å². The van der Waals surface area contributed by atoms with Gasteiger partial charge in [-0.25, -0.2) is 4.79 Å². The van der Waals surface area contributed by atoms with Crippen molar-refractivity contribution in [1.29, 1.82) is 0 Å².